The molecule has 0 radical (unpaired) electrons. The quantitative estimate of drug-likeness (QED) is 0.869. The van der Waals surface area contributed by atoms with Crippen LogP contribution in [-0.2, 0) is 4.74 Å². The second-order valence-electron chi connectivity index (χ2n) is 6.98. The van der Waals surface area contributed by atoms with E-state index >= 15 is 0 Å². The molecule has 5 heteroatoms. The van der Waals surface area contributed by atoms with Gasteiger partial charge in [0.1, 0.15) is 5.76 Å². The fourth-order valence-corrected chi connectivity index (χ4v) is 3.50. The van der Waals surface area contributed by atoms with E-state index in [1.165, 1.54) is 19.3 Å². The summed E-state index contributed by atoms with van der Waals surface area (Å²) in [5, 5.41) is 3.17. The minimum Gasteiger partial charge on any atom is -0.467 e. The van der Waals surface area contributed by atoms with E-state index in [4.69, 9.17) is 9.15 Å². The van der Waals surface area contributed by atoms with Gasteiger partial charge in [-0.05, 0) is 49.7 Å². The lowest BCUT2D eigenvalue weighted by Crippen LogP contribution is -2.44. The van der Waals surface area contributed by atoms with Gasteiger partial charge in [-0.3, -0.25) is 0 Å². The molecule has 2 heterocycles. The molecule has 0 spiro atoms. The number of carbonyl (C=O) groups is 1. The highest BCUT2D eigenvalue weighted by Gasteiger charge is 2.42. The van der Waals surface area contributed by atoms with Crippen LogP contribution in [0.3, 0.4) is 0 Å². The summed E-state index contributed by atoms with van der Waals surface area (Å²) in [6.07, 6.45) is 9.49. The second-order valence-corrected chi connectivity index (χ2v) is 6.98. The summed E-state index contributed by atoms with van der Waals surface area (Å²) in [6, 6.07) is 4.01. The topological polar surface area (TPSA) is 54.7 Å². The van der Waals surface area contributed by atoms with Crippen molar-refractivity contribution in [2.75, 3.05) is 26.8 Å². The van der Waals surface area contributed by atoms with Gasteiger partial charge in [-0.1, -0.05) is 12.8 Å². The highest BCUT2D eigenvalue weighted by Crippen LogP contribution is 2.48. The van der Waals surface area contributed by atoms with E-state index in [2.05, 4.69) is 5.32 Å². The number of nitrogens with zero attached hydrogens (tertiary/aromatic N) is 1. The number of nitrogens with one attached hydrogen (secondary N) is 1. The van der Waals surface area contributed by atoms with Crippen LogP contribution < -0.4 is 5.32 Å². The lowest BCUT2D eigenvalue weighted by atomic mass is 10.0. The van der Waals surface area contributed by atoms with Crippen molar-refractivity contribution in [1.29, 1.82) is 0 Å². The van der Waals surface area contributed by atoms with Gasteiger partial charge in [-0.2, -0.15) is 0 Å². The largest absolute Gasteiger partial charge is 0.467 e. The Kier molecular flexibility index (Phi) is 5.26. The zero-order chi connectivity index (χ0) is 16.1. The average molecular weight is 320 g/mol. The molecular weight excluding hydrogens is 292 g/mol. The van der Waals surface area contributed by atoms with Gasteiger partial charge in [0.05, 0.1) is 12.3 Å². The predicted octanol–water partition coefficient (Wildman–Crippen LogP) is 3.72. The smallest absolute Gasteiger partial charge is 0.318 e. The Balaban J connectivity index is 1.59. The monoisotopic (exact) mass is 320 g/mol. The lowest BCUT2D eigenvalue weighted by Gasteiger charge is -2.29. The van der Waals surface area contributed by atoms with Crippen molar-refractivity contribution in [2.24, 2.45) is 5.41 Å². The van der Waals surface area contributed by atoms with Crippen LogP contribution in [0.25, 0.3) is 0 Å². The van der Waals surface area contributed by atoms with Crippen molar-refractivity contribution in [3.63, 3.8) is 0 Å². The number of amides is 2. The van der Waals surface area contributed by atoms with Gasteiger partial charge in [0, 0.05) is 26.8 Å². The van der Waals surface area contributed by atoms with E-state index in [0.717, 1.165) is 51.1 Å². The van der Waals surface area contributed by atoms with E-state index in [-0.39, 0.29) is 17.5 Å². The zero-order valence-electron chi connectivity index (χ0n) is 14.1. The summed E-state index contributed by atoms with van der Waals surface area (Å²) in [5.41, 5.74) is 0.275. The van der Waals surface area contributed by atoms with Gasteiger partial charge in [0.25, 0.3) is 0 Å². The third kappa shape index (κ3) is 4.08. The normalized spacial score (nSPS) is 23.3. The highest BCUT2D eigenvalue weighted by atomic mass is 16.5. The Hall–Kier alpha value is -1.49. The Morgan fingerprint density at radius 3 is 3.00 bits per heavy atom. The van der Waals surface area contributed by atoms with Gasteiger partial charge in [0.2, 0.25) is 0 Å². The molecular formula is C18H28N2O3. The number of hydrogen-bond acceptors (Lipinski definition) is 3. The third-order valence-corrected chi connectivity index (χ3v) is 5.29. The maximum atomic E-state index is 12.7. The Bertz CT molecular complexity index is 496. The fraction of sp³-hybridized carbons (Fsp3) is 0.722. The van der Waals surface area contributed by atoms with Gasteiger partial charge in [-0.25, -0.2) is 4.79 Å². The average Bonchev–Trinajstić information content (AvgIpc) is 3.22. The molecule has 5 nitrogen and oxygen atoms in total. The summed E-state index contributed by atoms with van der Waals surface area (Å²) in [5.74, 6) is 0.905. The van der Waals surface area contributed by atoms with Crippen molar-refractivity contribution in [3.8, 4) is 0 Å². The van der Waals surface area contributed by atoms with Crippen LogP contribution >= 0.6 is 0 Å². The van der Waals surface area contributed by atoms with Crippen LogP contribution in [0.2, 0.25) is 0 Å². The van der Waals surface area contributed by atoms with Gasteiger partial charge in [-0.15, -0.1) is 0 Å². The molecule has 1 aliphatic heterocycles. The molecule has 128 valence electrons. The molecule has 0 bridgehead atoms. The van der Waals surface area contributed by atoms with Crippen molar-refractivity contribution in [2.45, 2.75) is 51.0 Å². The molecule has 1 atom stereocenters. The van der Waals surface area contributed by atoms with Crippen molar-refractivity contribution < 1.29 is 13.9 Å². The van der Waals surface area contributed by atoms with Crippen molar-refractivity contribution >= 4 is 6.03 Å². The SMILES string of the molecule is COCCC1(CNC(=O)N2CCCCC[C@@H]2c2ccco2)CC1. The highest BCUT2D eigenvalue weighted by molar-refractivity contribution is 5.74. The molecule has 23 heavy (non-hydrogen) atoms. The standard InChI is InChI=1S/C18H28N2O3/c1-22-13-10-18(8-9-18)14-19-17(21)20-11-4-2-3-6-15(20)16-7-5-12-23-16/h5,7,12,15H,2-4,6,8-11,13-14H2,1H3,(H,19,21)/t15-/m1/s1. The molecule has 1 saturated carbocycles. The first-order chi connectivity index (χ1) is 11.2. The van der Waals surface area contributed by atoms with Crippen molar-refractivity contribution in [3.05, 3.63) is 24.2 Å². The molecule has 2 aliphatic rings. The minimum atomic E-state index is 0.0528. The number of methoxy groups -OCH3 is 1. The molecule has 3 rings (SSSR count). The van der Waals surface area contributed by atoms with Crippen LogP contribution in [0.1, 0.15) is 56.7 Å². The summed E-state index contributed by atoms with van der Waals surface area (Å²) < 4.78 is 10.8. The molecule has 2 amide bonds. The molecule has 1 aromatic heterocycles. The Morgan fingerprint density at radius 1 is 1.43 bits per heavy atom. The summed E-state index contributed by atoms with van der Waals surface area (Å²) >= 11 is 0. The first kappa shape index (κ1) is 16.4. The van der Waals surface area contributed by atoms with Gasteiger partial charge < -0.3 is 19.4 Å². The first-order valence-corrected chi connectivity index (χ1v) is 8.81. The number of furan rings is 1. The molecule has 1 N–H and O–H groups in total. The first-order valence-electron chi connectivity index (χ1n) is 8.81. The van der Waals surface area contributed by atoms with Crippen LogP contribution in [-0.4, -0.2) is 37.7 Å². The van der Waals surface area contributed by atoms with Gasteiger partial charge in [0.15, 0.2) is 0 Å². The lowest BCUT2D eigenvalue weighted by molar-refractivity contribution is 0.156. The van der Waals surface area contributed by atoms with Crippen LogP contribution in [0.15, 0.2) is 22.8 Å². The third-order valence-electron chi connectivity index (χ3n) is 5.29. The predicted molar refractivity (Wildman–Crippen MR) is 88.2 cm³/mol. The maximum Gasteiger partial charge on any atom is 0.318 e. The fourth-order valence-electron chi connectivity index (χ4n) is 3.50. The van der Waals surface area contributed by atoms with E-state index in [9.17, 15) is 4.79 Å². The van der Waals surface area contributed by atoms with E-state index in [1.54, 1.807) is 13.4 Å². The summed E-state index contributed by atoms with van der Waals surface area (Å²) in [7, 11) is 1.74. The zero-order valence-corrected chi connectivity index (χ0v) is 14.1. The molecule has 1 aliphatic carbocycles. The number of likely N-dealkylation sites (tertiary alicyclic amines) is 1. The van der Waals surface area contributed by atoms with E-state index < -0.39 is 0 Å². The van der Waals surface area contributed by atoms with Crippen LogP contribution in [0.5, 0.6) is 0 Å². The number of carbonyl (C=O) groups excluding carboxylic acids is 1. The van der Waals surface area contributed by atoms with Gasteiger partial charge >= 0.3 is 6.03 Å². The number of rotatable bonds is 6. The molecule has 2 fully saturated rings. The molecule has 0 aromatic carbocycles. The Morgan fingerprint density at radius 2 is 2.30 bits per heavy atom. The molecule has 1 saturated heterocycles. The van der Waals surface area contributed by atoms with Crippen LogP contribution in [0, 0.1) is 5.41 Å². The van der Waals surface area contributed by atoms with Crippen LogP contribution in [0.4, 0.5) is 4.79 Å². The summed E-state index contributed by atoms with van der Waals surface area (Å²) in [4.78, 5) is 14.7. The molecule has 0 unspecified atom stereocenters. The second kappa shape index (κ2) is 7.39. The Labute approximate surface area is 138 Å². The number of urea groups is 1. The maximum absolute atomic E-state index is 12.7. The minimum absolute atomic E-state index is 0.0528. The molecule has 1 aromatic rings. The summed E-state index contributed by atoms with van der Waals surface area (Å²) in [6.45, 7) is 2.34. The van der Waals surface area contributed by atoms with E-state index in [1.807, 2.05) is 17.0 Å². The van der Waals surface area contributed by atoms with Crippen molar-refractivity contribution in [1.82, 2.24) is 10.2 Å². The van der Waals surface area contributed by atoms with E-state index in [0.29, 0.717) is 0 Å². The number of ether oxygens (including phenoxy) is 1. The number of hydrogen-bond donors (Lipinski definition) is 1.